The van der Waals surface area contributed by atoms with E-state index >= 15 is 0 Å². The second kappa shape index (κ2) is 7.54. The summed E-state index contributed by atoms with van der Waals surface area (Å²) in [6.07, 6.45) is 2.43. The zero-order chi connectivity index (χ0) is 16.9. The number of carbonyl (C=O) groups excluding carboxylic acids is 1. The third-order valence-corrected chi connectivity index (χ3v) is 4.67. The van der Waals surface area contributed by atoms with E-state index in [9.17, 15) is 14.7 Å². The van der Waals surface area contributed by atoms with E-state index in [0.717, 1.165) is 4.88 Å². The van der Waals surface area contributed by atoms with Crippen LogP contribution in [0.2, 0.25) is 0 Å². The molecular formula is C15H18N4O4S. The van der Waals surface area contributed by atoms with Crippen LogP contribution < -0.4 is 5.32 Å². The molecule has 2 aromatic rings. The van der Waals surface area contributed by atoms with Crippen LogP contribution >= 0.6 is 11.3 Å². The molecule has 128 valence electrons. The van der Waals surface area contributed by atoms with Crippen LogP contribution in [0, 0.1) is 5.92 Å². The number of hydrogen-bond acceptors (Lipinski definition) is 6. The molecule has 2 N–H and O–H groups in total. The molecule has 2 unspecified atom stereocenters. The van der Waals surface area contributed by atoms with E-state index in [1.165, 1.54) is 0 Å². The van der Waals surface area contributed by atoms with Crippen LogP contribution in [0.15, 0.2) is 23.7 Å². The largest absolute Gasteiger partial charge is 0.480 e. The summed E-state index contributed by atoms with van der Waals surface area (Å²) in [5.41, 5.74) is 0.530. The van der Waals surface area contributed by atoms with Crippen LogP contribution in [0.4, 0.5) is 0 Å². The lowest BCUT2D eigenvalue weighted by Crippen LogP contribution is -2.45. The van der Waals surface area contributed by atoms with Crippen molar-refractivity contribution >= 4 is 23.2 Å². The van der Waals surface area contributed by atoms with E-state index in [4.69, 9.17) is 4.74 Å². The van der Waals surface area contributed by atoms with Gasteiger partial charge in [-0.25, -0.2) is 9.48 Å². The number of carboxylic acid groups (broad SMARTS) is 1. The first-order valence-corrected chi connectivity index (χ1v) is 8.52. The highest BCUT2D eigenvalue weighted by atomic mass is 32.1. The van der Waals surface area contributed by atoms with Crippen molar-refractivity contribution < 1.29 is 19.4 Å². The van der Waals surface area contributed by atoms with Gasteiger partial charge in [0.05, 0.1) is 24.8 Å². The monoisotopic (exact) mass is 350 g/mol. The summed E-state index contributed by atoms with van der Waals surface area (Å²) in [5, 5.41) is 21.9. The molecule has 2 aromatic heterocycles. The molecule has 0 radical (unpaired) electrons. The third kappa shape index (κ3) is 4.18. The molecular weight excluding hydrogens is 332 g/mol. The number of rotatable bonds is 7. The topological polar surface area (TPSA) is 106 Å². The van der Waals surface area contributed by atoms with E-state index in [1.54, 1.807) is 22.2 Å². The van der Waals surface area contributed by atoms with Gasteiger partial charge in [-0.2, -0.15) is 0 Å². The average Bonchev–Trinajstić information content (AvgIpc) is 3.29. The van der Waals surface area contributed by atoms with Crippen LogP contribution in [-0.2, 0) is 27.3 Å². The molecule has 1 aliphatic rings. The molecule has 2 atom stereocenters. The summed E-state index contributed by atoms with van der Waals surface area (Å²) >= 11 is 1.62. The van der Waals surface area contributed by atoms with Crippen LogP contribution in [0.5, 0.6) is 0 Å². The van der Waals surface area contributed by atoms with Gasteiger partial charge in [-0.05, 0) is 17.9 Å². The highest BCUT2D eigenvalue weighted by molar-refractivity contribution is 7.09. The van der Waals surface area contributed by atoms with Gasteiger partial charge in [0.25, 0.3) is 0 Å². The van der Waals surface area contributed by atoms with Gasteiger partial charge in [0.2, 0.25) is 5.91 Å². The average molecular weight is 350 g/mol. The molecule has 0 saturated carbocycles. The van der Waals surface area contributed by atoms with Gasteiger partial charge in [-0.1, -0.05) is 11.3 Å². The Hall–Kier alpha value is -2.26. The Morgan fingerprint density at radius 3 is 3.08 bits per heavy atom. The van der Waals surface area contributed by atoms with Gasteiger partial charge in [0.15, 0.2) is 0 Å². The number of thiophene rings is 1. The van der Waals surface area contributed by atoms with Crippen LogP contribution in [-0.4, -0.2) is 51.2 Å². The number of ether oxygens (including phenoxy) is 1. The predicted octanol–water partition coefficient (Wildman–Crippen LogP) is 0.536. The van der Waals surface area contributed by atoms with E-state index in [0.29, 0.717) is 31.9 Å². The Kier molecular flexibility index (Phi) is 5.21. The van der Waals surface area contributed by atoms with Crippen molar-refractivity contribution in [3.8, 4) is 0 Å². The number of carboxylic acids is 1. The molecule has 3 rings (SSSR count). The number of aromatic nitrogens is 3. The normalized spacial score (nSPS) is 18.4. The maximum atomic E-state index is 12.1. The van der Waals surface area contributed by atoms with Gasteiger partial charge in [0.1, 0.15) is 6.04 Å². The smallest absolute Gasteiger partial charge is 0.326 e. The zero-order valence-electron chi connectivity index (χ0n) is 12.9. The molecule has 1 saturated heterocycles. The van der Waals surface area contributed by atoms with E-state index < -0.39 is 12.0 Å². The van der Waals surface area contributed by atoms with E-state index in [2.05, 4.69) is 15.6 Å². The minimum Gasteiger partial charge on any atom is -0.480 e. The molecule has 9 heteroatoms. The molecule has 1 amide bonds. The Morgan fingerprint density at radius 2 is 2.42 bits per heavy atom. The summed E-state index contributed by atoms with van der Waals surface area (Å²) in [5.74, 6) is -1.65. The predicted molar refractivity (Wildman–Crippen MR) is 85.6 cm³/mol. The van der Waals surface area contributed by atoms with E-state index in [1.807, 2.05) is 17.5 Å². The highest BCUT2D eigenvalue weighted by Crippen LogP contribution is 2.13. The lowest BCUT2D eigenvalue weighted by Gasteiger charge is -2.15. The van der Waals surface area contributed by atoms with Gasteiger partial charge >= 0.3 is 5.97 Å². The van der Waals surface area contributed by atoms with Crippen molar-refractivity contribution in [1.82, 2.24) is 20.3 Å². The standard InChI is InChI=1S/C15H18N4O4S/c20-14(10-3-4-23-9-10)16-13(15(21)22)6-11-7-19(18-17-11)8-12-2-1-5-24-12/h1-2,5,7,10,13H,3-4,6,8-9H2,(H,16,20)(H,21,22). The van der Waals surface area contributed by atoms with Crippen molar-refractivity contribution in [1.29, 1.82) is 0 Å². The number of amides is 1. The van der Waals surface area contributed by atoms with Gasteiger partial charge < -0.3 is 15.2 Å². The second-order valence-electron chi connectivity index (χ2n) is 5.65. The molecule has 0 aliphatic carbocycles. The molecule has 1 fully saturated rings. The fourth-order valence-corrected chi connectivity index (χ4v) is 3.21. The molecule has 0 bridgehead atoms. The fourth-order valence-electron chi connectivity index (χ4n) is 2.51. The quantitative estimate of drug-likeness (QED) is 0.755. The summed E-state index contributed by atoms with van der Waals surface area (Å²) in [6, 6.07) is 2.93. The molecule has 0 spiro atoms. The van der Waals surface area contributed by atoms with Crippen molar-refractivity contribution in [3.05, 3.63) is 34.3 Å². The van der Waals surface area contributed by atoms with Crippen molar-refractivity contribution in [3.63, 3.8) is 0 Å². The van der Waals surface area contributed by atoms with Gasteiger partial charge in [0, 0.05) is 24.1 Å². The first-order valence-electron chi connectivity index (χ1n) is 7.64. The lowest BCUT2D eigenvalue weighted by molar-refractivity contribution is -0.142. The molecule has 1 aliphatic heterocycles. The Morgan fingerprint density at radius 1 is 1.54 bits per heavy atom. The maximum absolute atomic E-state index is 12.1. The Balaban J connectivity index is 1.60. The molecule has 0 aromatic carbocycles. The van der Waals surface area contributed by atoms with Crippen LogP contribution in [0.25, 0.3) is 0 Å². The second-order valence-corrected chi connectivity index (χ2v) is 6.68. The fraction of sp³-hybridized carbons (Fsp3) is 0.467. The molecule has 24 heavy (non-hydrogen) atoms. The lowest BCUT2D eigenvalue weighted by atomic mass is 10.1. The van der Waals surface area contributed by atoms with Crippen LogP contribution in [0.1, 0.15) is 17.0 Å². The Bertz CT molecular complexity index is 694. The summed E-state index contributed by atoms with van der Waals surface area (Å²) in [6.45, 7) is 1.47. The van der Waals surface area contributed by atoms with Crippen molar-refractivity contribution in [2.24, 2.45) is 5.92 Å². The summed E-state index contributed by atoms with van der Waals surface area (Å²) < 4.78 is 6.82. The maximum Gasteiger partial charge on any atom is 0.326 e. The van der Waals surface area contributed by atoms with Crippen molar-refractivity contribution in [2.45, 2.75) is 25.4 Å². The zero-order valence-corrected chi connectivity index (χ0v) is 13.7. The number of nitrogens with zero attached hydrogens (tertiary/aromatic N) is 3. The minimum absolute atomic E-state index is 0.0963. The SMILES string of the molecule is O=C(NC(Cc1cn(Cc2cccs2)nn1)C(=O)O)C1CCOC1. The molecule has 3 heterocycles. The first-order chi connectivity index (χ1) is 11.6. The number of carbonyl (C=O) groups is 2. The first kappa shape index (κ1) is 16.6. The van der Waals surface area contributed by atoms with E-state index in [-0.39, 0.29) is 18.2 Å². The number of aliphatic carboxylic acids is 1. The Labute approximate surface area is 142 Å². The van der Waals surface area contributed by atoms with Crippen LogP contribution in [0.3, 0.4) is 0 Å². The van der Waals surface area contributed by atoms with Gasteiger partial charge in [-0.3, -0.25) is 4.79 Å². The number of hydrogen-bond donors (Lipinski definition) is 2. The number of nitrogens with one attached hydrogen (secondary N) is 1. The third-order valence-electron chi connectivity index (χ3n) is 3.81. The summed E-state index contributed by atoms with van der Waals surface area (Å²) in [4.78, 5) is 24.6. The highest BCUT2D eigenvalue weighted by Gasteiger charge is 2.28. The van der Waals surface area contributed by atoms with Gasteiger partial charge in [-0.15, -0.1) is 16.4 Å². The summed E-state index contributed by atoms with van der Waals surface area (Å²) in [7, 11) is 0. The molecule has 8 nitrogen and oxygen atoms in total. The minimum atomic E-state index is -1.09. The van der Waals surface area contributed by atoms with Crippen molar-refractivity contribution in [2.75, 3.05) is 13.2 Å².